The zero-order chi connectivity index (χ0) is 10.8. The lowest BCUT2D eigenvalue weighted by Gasteiger charge is -2.08. The number of anilines is 1. The number of aromatic nitrogens is 2. The monoisotopic (exact) mass is 219 g/mol. The van der Waals surface area contributed by atoms with E-state index in [9.17, 15) is 0 Å². The maximum atomic E-state index is 6.09. The molecule has 2 aromatic rings. The fraction of sp³-hybridized carbons (Fsp3) is 0.0909. The van der Waals surface area contributed by atoms with Crippen LogP contribution < -0.4 is 5.73 Å². The molecule has 4 heteroatoms. The van der Waals surface area contributed by atoms with Crippen molar-refractivity contribution in [1.82, 2.24) is 9.97 Å². The van der Waals surface area contributed by atoms with Gasteiger partial charge in [0.2, 0.25) is 0 Å². The van der Waals surface area contributed by atoms with E-state index in [0.29, 0.717) is 10.8 Å². The topological polar surface area (TPSA) is 51.8 Å². The van der Waals surface area contributed by atoms with Crippen molar-refractivity contribution in [3.63, 3.8) is 0 Å². The van der Waals surface area contributed by atoms with E-state index in [1.165, 1.54) is 6.33 Å². The predicted molar refractivity (Wildman–Crippen MR) is 61.6 cm³/mol. The molecule has 0 amide bonds. The average Bonchev–Trinajstić information content (AvgIpc) is 2.20. The maximum absolute atomic E-state index is 6.09. The molecule has 2 rings (SSSR count). The molecule has 0 aliphatic carbocycles. The second-order valence-electron chi connectivity index (χ2n) is 3.20. The molecule has 1 aromatic heterocycles. The molecule has 0 saturated carbocycles. The van der Waals surface area contributed by atoms with Gasteiger partial charge in [-0.2, -0.15) is 0 Å². The molecule has 0 bridgehead atoms. The first-order chi connectivity index (χ1) is 7.20. The molecule has 1 heterocycles. The average molecular weight is 220 g/mol. The lowest BCUT2D eigenvalue weighted by Crippen LogP contribution is -1.98. The Balaban J connectivity index is 2.69. The first kappa shape index (κ1) is 9.93. The summed E-state index contributed by atoms with van der Waals surface area (Å²) in [6, 6.07) is 7.52. The molecule has 0 unspecified atom stereocenters. The third kappa shape index (κ3) is 1.78. The molecule has 0 atom stereocenters. The summed E-state index contributed by atoms with van der Waals surface area (Å²) in [5, 5.41) is 0.655. The molecule has 76 valence electrons. The molecule has 15 heavy (non-hydrogen) atoms. The Bertz CT molecular complexity index is 477. The van der Waals surface area contributed by atoms with Gasteiger partial charge in [-0.1, -0.05) is 29.8 Å². The summed E-state index contributed by atoms with van der Waals surface area (Å²) < 4.78 is 0. The Kier molecular flexibility index (Phi) is 2.56. The Labute approximate surface area is 92.9 Å². The van der Waals surface area contributed by atoms with Crippen molar-refractivity contribution in [3.8, 4) is 11.1 Å². The second kappa shape index (κ2) is 3.87. The van der Waals surface area contributed by atoms with E-state index in [1.54, 1.807) is 0 Å². The highest BCUT2D eigenvalue weighted by atomic mass is 35.5. The van der Waals surface area contributed by atoms with Crippen LogP contribution in [0.15, 0.2) is 30.6 Å². The Hall–Kier alpha value is -1.61. The maximum Gasteiger partial charge on any atom is 0.135 e. The van der Waals surface area contributed by atoms with Gasteiger partial charge in [-0.25, -0.2) is 9.97 Å². The summed E-state index contributed by atoms with van der Waals surface area (Å²) in [5.41, 5.74) is 8.32. The predicted octanol–water partition coefficient (Wildman–Crippen LogP) is 2.69. The highest BCUT2D eigenvalue weighted by Gasteiger charge is 2.10. The van der Waals surface area contributed by atoms with E-state index in [2.05, 4.69) is 9.97 Å². The van der Waals surface area contributed by atoms with Crippen LogP contribution in [0.3, 0.4) is 0 Å². The van der Waals surface area contributed by atoms with Crippen LogP contribution in [0.25, 0.3) is 11.1 Å². The number of nitrogens with two attached hydrogens (primary N) is 1. The van der Waals surface area contributed by atoms with Gasteiger partial charge in [0.1, 0.15) is 12.1 Å². The number of halogens is 1. The van der Waals surface area contributed by atoms with Gasteiger partial charge in [-0.15, -0.1) is 0 Å². The van der Waals surface area contributed by atoms with Gasteiger partial charge in [0.05, 0.1) is 5.69 Å². The largest absolute Gasteiger partial charge is 0.383 e. The van der Waals surface area contributed by atoms with E-state index < -0.39 is 0 Å². The molecular weight excluding hydrogens is 210 g/mol. The number of nitrogen functional groups attached to an aromatic ring is 1. The Morgan fingerprint density at radius 3 is 2.60 bits per heavy atom. The summed E-state index contributed by atoms with van der Waals surface area (Å²) in [7, 11) is 0. The van der Waals surface area contributed by atoms with Crippen LogP contribution in [0.2, 0.25) is 5.02 Å². The molecule has 0 spiro atoms. The highest BCUT2D eigenvalue weighted by Crippen LogP contribution is 2.32. The highest BCUT2D eigenvalue weighted by molar-refractivity contribution is 6.33. The van der Waals surface area contributed by atoms with Crippen molar-refractivity contribution >= 4 is 17.4 Å². The minimum Gasteiger partial charge on any atom is -0.383 e. The number of hydrogen-bond donors (Lipinski definition) is 1. The quantitative estimate of drug-likeness (QED) is 0.802. The Morgan fingerprint density at radius 1 is 1.20 bits per heavy atom. The first-order valence-electron chi connectivity index (χ1n) is 4.52. The molecule has 0 aliphatic heterocycles. The summed E-state index contributed by atoms with van der Waals surface area (Å²) in [4.78, 5) is 8.07. The third-order valence-corrected chi connectivity index (χ3v) is 2.54. The van der Waals surface area contributed by atoms with Crippen molar-refractivity contribution in [2.45, 2.75) is 6.92 Å². The van der Waals surface area contributed by atoms with E-state index in [4.69, 9.17) is 17.3 Å². The molecule has 0 saturated heterocycles. The number of hydrogen-bond acceptors (Lipinski definition) is 3. The zero-order valence-corrected chi connectivity index (χ0v) is 8.99. The molecular formula is C11H10ClN3. The molecule has 2 N–H and O–H groups in total. The lowest BCUT2D eigenvalue weighted by molar-refractivity contribution is 1.11. The van der Waals surface area contributed by atoms with Gasteiger partial charge in [-0.3, -0.25) is 0 Å². The van der Waals surface area contributed by atoms with Crippen molar-refractivity contribution in [3.05, 3.63) is 41.3 Å². The van der Waals surface area contributed by atoms with E-state index in [-0.39, 0.29) is 0 Å². The van der Waals surface area contributed by atoms with Crippen LogP contribution in [0.1, 0.15) is 5.69 Å². The van der Waals surface area contributed by atoms with Crippen LogP contribution in [0.4, 0.5) is 5.82 Å². The van der Waals surface area contributed by atoms with Crippen molar-refractivity contribution in [2.24, 2.45) is 0 Å². The summed E-state index contributed by atoms with van der Waals surface area (Å²) in [6.07, 6.45) is 1.45. The van der Waals surface area contributed by atoms with E-state index >= 15 is 0 Å². The van der Waals surface area contributed by atoms with E-state index in [1.807, 2.05) is 31.2 Å². The van der Waals surface area contributed by atoms with Crippen LogP contribution in [-0.4, -0.2) is 9.97 Å². The lowest BCUT2D eigenvalue weighted by atomic mass is 10.1. The first-order valence-corrected chi connectivity index (χ1v) is 4.90. The Morgan fingerprint density at radius 2 is 1.93 bits per heavy atom. The van der Waals surface area contributed by atoms with Gasteiger partial charge in [-0.05, 0) is 13.0 Å². The number of nitrogens with zero attached hydrogens (tertiary/aromatic N) is 2. The molecule has 0 aliphatic rings. The van der Waals surface area contributed by atoms with Gasteiger partial charge in [0.25, 0.3) is 0 Å². The summed E-state index contributed by atoms with van der Waals surface area (Å²) >= 11 is 6.09. The van der Waals surface area contributed by atoms with Crippen LogP contribution in [0, 0.1) is 6.92 Å². The third-order valence-electron chi connectivity index (χ3n) is 2.21. The minimum absolute atomic E-state index is 0.454. The van der Waals surface area contributed by atoms with Crippen molar-refractivity contribution in [1.29, 1.82) is 0 Å². The molecule has 0 fully saturated rings. The fourth-order valence-corrected chi connectivity index (χ4v) is 1.72. The molecule has 3 nitrogen and oxygen atoms in total. The van der Waals surface area contributed by atoms with Crippen LogP contribution in [-0.2, 0) is 0 Å². The smallest absolute Gasteiger partial charge is 0.135 e. The fourth-order valence-electron chi connectivity index (χ4n) is 1.49. The van der Waals surface area contributed by atoms with Gasteiger partial charge in [0, 0.05) is 16.1 Å². The number of aryl methyl sites for hydroxylation is 1. The van der Waals surface area contributed by atoms with Gasteiger partial charge < -0.3 is 5.73 Å². The number of benzene rings is 1. The van der Waals surface area contributed by atoms with E-state index in [0.717, 1.165) is 16.8 Å². The molecule has 1 aromatic carbocycles. The minimum atomic E-state index is 0.454. The second-order valence-corrected chi connectivity index (χ2v) is 3.61. The zero-order valence-electron chi connectivity index (χ0n) is 8.24. The SMILES string of the molecule is Cc1ncnc(N)c1-c1ccccc1Cl. The summed E-state index contributed by atoms with van der Waals surface area (Å²) in [5.74, 6) is 0.454. The van der Waals surface area contributed by atoms with Crippen LogP contribution >= 0.6 is 11.6 Å². The van der Waals surface area contributed by atoms with Crippen molar-refractivity contribution in [2.75, 3.05) is 5.73 Å². The van der Waals surface area contributed by atoms with Crippen molar-refractivity contribution < 1.29 is 0 Å². The molecule has 0 radical (unpaired) electrons. The van der Waals surface area contributed by atoms with Gasteiger partial charge in [0.15, 0.2) is 0 Å². The summed E-state index contributed by atoms with van der Waals surface area (Å²) in [6.45, 7) is 1.89. The van der Waals surface area contributed by atoms with Gasteiger partial charge >= 0.3 is 0 Å². The number of rotatable bonds is 1. The van der Waals surface area contributed by atoms with Crippen LogP contribution in [0.5, 0.6) is 0 Å². The standard InChI is InChI=1S/C11H10ClN3/c1-7-10(11(13)15-6-14-7)8-4-2-3-5-9(8)12/h2-6H,1H3,(H2,13,14,15). The normalized spacial score (nSPS) is 10.3.